The molecule has 0 saturated carbocycles. The van der Waals surface area contributed by atoms with Gasteiger partial charge in [-0.25, -0.2) is 0 Å². The van der Waals surface area contributed by atoms with Gasteiger partial charge in [0.1, 0.15) is 0 Å². The zero-order valence-corrected chi connectivity index (χ0v) is 11.0. The third kappa shape index (κ3) is 5.83. The van der Waals surface area contributed by atoms with Gasteiger partial charge in [0.25, 0.3) is 0 Å². The SMILES string of the molecule is COCCNCCCN1CCCCCC1C. The van der Waals surface area contributed by atoms with Crippen molar-refractivity contribution in [3.05, 3.63) is 0 Å². The minimum absolute atomic E-state index is 0.793. The zero-order valence-electron chi connectivity index (χ0n) is 11.0. The Morgan fingerprint density at radius 1 is 1.25 bits per heavy atom. The fraction of sp³-hybridized carbons (Fsp3) is 1.00. The smallest absolute Gasteiger partial charge is 0.0587 e. The van der Waals surface area contributed by atoms with Gasteiger partial charge in [0.05, 0.1) is 6.61 Å². The molecule has 1 rings (SSSR count). The van der Waals surface area contributed by atoms with E-state index in [0.717, 1.165) is 25.7 Å². The monoisotopic (exact) mass is 228 g/mol. The lowest BCUT2D eigenvalue weighted by Gasteiger charge is -2.26. The molecule has 0 radical (unpaired) electrons. The van der Waals surface area contributed by atoms with Crippen molar-refractivity contribution in [2.45, 2.75) is 45.1 Å². The quantitative estimate of drug-likeness (QED) is 0.673. The standard InChI is InChI=1S/C13H28N2O/c1-13-7-4-3-5-10-15(13)11-6-8-14-9-12-16-2/h13-14H,3-12H2,1-2H3. The highest BCUT2D eigenvalue weighted by atomic mass is 16.5. The molecule has 1 unspecified atom stereocenters. The second-order valence-electron chi connectivity index (χ2n) is 4.83. The van der Waals surface area contributed by atoms with Crippen LogP contribution in [-0.4, -0.2) is 50.8 Å². The van der Waals surface area contributed by atoms with Crippen LogP contribution in [0.4, 0.5) is 0 Å². The summed E-state index contributed by atoms with van der Waals surface area (Å²) >= 11 is 0. The number of nitrogens with zero attached hydrogens (tertiary/aromatic N) is 1. The van der Waals surface area contributed by atoms with Crippen LogP contribution in [0.5, 0.6) is 0 Å². The number of rotatable bonds is 7. The first-order valence-electron chi connectivity index (χ1n) is 6.78. The molecule has 0 aliphatic carbocycles. The largest absolute Gasteiger partial charge is 0.383 e. The molecule has 0 bridgehead atoms. The molecule has 16 heavy (non-hydrogen) atoms. The highest BCUT2D eigenvalue weighted by Gasteiger charge is 2.15. The molecule has 1 heterocycles. The van der Waals surface area contributed by atoms with Crippen LogP contribution in [0.25, 0.3) is 0 Å². The average Bonchev–Trinajstić information content (AvgIpc) is 2.49. The molecule has 1 saturated heterocycles. The van der Waals surface area contributed by atoms with E-state index in [1.54, 1.807) is 7.11 Å². The van der Waals surface area contributed by atoms with Crippen molar-refractivity contribution in [2.75, 3.05) is 39.9 Å². The number of hydrogen-bond donors (Lipinski definition) is 1. The molecule has 96 valence electrons. The average molecular weight is 228 g/mol. The van der Waals surface area contributed by atoms with Gasteiger partial charge < -0.3 is 15.0 Å². The van der Waals surface area contributed by atoms with Crippen molar-refractivity contribution in [3.8, 4) is 0 Å². The lowest BCUT2D eigenvalue weighted by molar-refractivity contribution is 0.194. The Kier molecular flexibility index (Phi) is 7.81. The topological polar surface area (TPSA) is 24.5 Å². The summed E-state index contributed by atoms with van der Waals surface area (Å²) < 4.78 is 5.00. The van der Waals surface area contributed by atoms with E-state index in [-0.39, 0.29) is 0 Å². The second-order valence-corrected chi connectivity index (χ2v) is 4.83. The van der Waals surface area contributed by atoms with Crippen molar-refractivity contribution in [2.24, 2.45) is 0 Å². The summed E-state index contributed by atoms with van der Waals surface area (Å²) in [6, 6.07) is 0.793. The minimum atomic E-state index is 0.793. The van der Waals surface area contributed by atoms with Gasteiger partial charge in [-0.15, -0.1) is 0 Å². The first kappa shape index (κ1) is 13.9. The number of ether oxygens (including phenoxy) is 1. The van der Waals surface area contributed by atoms with Gasteiger partial charge in [-0.05, 0) is 45.8 Å². The maximum atomic E-state index is 5.00. The predicted molar refractivity (Wildman–Crippen MR) is 68.9 cm³/mol. The Morgan fingerprint density at radius 2 is 2.12 bits per heavy atom. The molecule has 0 aromatic rings. The Labute approximate surface area is 101 Å². The number of nitrogens with one attached hydrogen (secondary N) is 1. The molecule has 1 fully saturated rings. The Bertz CT molecular complexity index is 164. The molecule has 0 spiro atoms. The molecule has 3 nitrogen and oxygen atoms in total. The Balaban J connectivity index is 2.01. The third-order valence-electron chi connectivity index (χ3n) is 3.47. The maximum absolute atomic E-state index is 5.00. The van der Waals surface area contributed by atoms with Crippen molar-refractivity contribution in [1.29, 1.82) is 0 Å². The van der Waals surface area contributed by atoms with Gasteiger partial charge in [-0.1, -0.05) is 12.8 Å². The van der Waals surface area contributed by atoms with Gasteiger partial charge >= 0.3 is 0 Å². The Morgan fingerprint density at radius 3 is 2.94 bits per heavy atom. The van der Waals surface area contributed by atoms with Crippen LogP contribution < -0.4 is 5.32 Å². The molecule has 0 aromatic carbocycles. The molecule has 3 heteroatoms. The van der Waals surface area contributed by atoms with Crippen LogP contribution in [0.15, 0.2) is 0 Å². The normalized spacial score (nSPS) is 23.2. The van der Waals surface area contributed by atoms with Gasteiger partial charge in [0.2, 0.25) is 0 Å². The molecule has 1 N–H and O–H groups in total. The lowest BCUT2D eigenvalue weighted by Crippen LogP contribution is -2.35. The lowest BCUT2D eigenvalue weighted by atomic mass is 10.1. The summed E-state index contributed by atoms with van der Waals surface area (Å²) in [5.74, 6) is 0. The van der Waals surface area contributed by atoms with E-state index in [1.165, 1.54) is 45.2 Å². The third-order valence-corrected chi connectivity index (χ3v) is 3.47. The molecule has 0 amide bonds. The van der Waals surface area contributed by atoms with E-state index < -0.39 is 0 Å². The van der Waals surface area contributed by atoms with Crippen LogP contribution in [-0.2, 0) is 4.74 Å². The molecule has 1 aliphatic rings. The molecular weight excluding hydrogens is 200 g/mol. The van der Waals surface area contributed by atoms with E-state index in [9.17, 15) is 0 Å². The maximum Gasteiger partial charge on any atom is 0.0587 e. The van der Waals surface area contributed by atoms with Gasteiger partial charge in [-0.3, -0.25) is 0 Å². The van der Waals surface area contributed by atoms with E-state index >= 15 is 0 Å². The first-order valence-corrected chi connectivity index (χ1v) is 6.78. The summed E-state index contributed by atoms with van der Waals surface area (Å²) in [4.78, 5) is 2.66. The van der Waals surface area contributed by atoms with Crippen LogP contribution in [0, 0.1) is 0 Å². The molecule has 0 aromatic heterocycles. The summed E-state index contributed by atoms with van der Waals surface area (Å²) in [7, 11) is 1.75. The number of methoxy groups -OCH3 is 1. The van der Waals surface area contributed by atoms with E-state index in [4.69, 9.17) is 4.74 Å². The van der Waals surface area contributed by atoms with Crippen LogP contribution >= 0.6 is 0 Å². The molecule has 1 aliphatic heterocycles. The Hall–Kier alpha value is -0.120. The van der Waals surface area contributed by atoms with Crippen LogP contribution in [0.2, 0.25) is 0 Å². The van der Waals surface area contributed by atoms with E-state index in [2.05, 4.69) is 17.1 Å². The molecular formula is C13H28N2O. The van der Waals surface area contributed by atoms with Crippen molar-refractivity contribution in [1.82, 2.24) is 10.2 Å². The highest BCUT2D eigenvalue weighted by molar-refractivity contribution is 4.71. The van der Waals surface area contributed by atoms with Gasteiger partial charge in [0, 0.05) is 19.7 Å². The number of hydrogen-bond acceptors (Lipinski definition) is 3. The number of likely N-dealkylation sites (tertiary alicyclic amines) is 1. The predicted octanol–water partition coefficient (Wildman–Crippen LogP) is 1.88. The zero-order chi connectivity index (χ0) is 11.6. The van der Waals surface area contributed by atoms with Gasteiger partial charge in [-0.2, -0.15) is 0 Å². The van der Waals surface area contributed by atoms with E-state index in [1.807, 2.05) is 0 Å². The van der Waals surface area contributed by atoms with E-state index in [0.29, 0.717) is 0 Å². The summed E-state index contributed by atoms with van der Waals surface area (Å²) in [6.07, 6.45) is 6.88. The first-order chi connectivity index (χ1) is 7.84. The molecule has 1 atom stereocenters. The summed E-state index contributed by atoms with van der Waals surface area (Å²) in [5.41, 5.74) is 0. The fourth-order valence-electron chi connectivity index (χ4n) is 2.37. The summed E-state index contributed by atoms with van der Waals surface area (Å²) in [5, 5.41) is 3.40. The van der Waals surface area contributed by atoms with Crippen molar-refractivity contribution in [3.63, 3.8) is 0 Å². The van der Waals surface area contributed by atoms with Crippen LogP contribution in [0.1, 0.15) is 39.0 Å². The minimum Gasteiger partial charge on any atom is -0.383 e. The van der Waals surface area contributed by atoms with Crippen LogP contribution in [0.3, 0.4) is 0 Å². The second kappa shape index (κ2) is 8.97. The van der Waals surface area contributed by atoms with Crippen molar-refractivity contribution >= 4 is 0 Å². The fourth-order valence-corrected chi connectivity index (χ4v) is 2.37. The van der Waals surface area contributed by atoms with Gasteiger partial charge in [0.15, 0.2) is 0 Å². The van der Waals surface area contributed by atoms with Crippen molar-refractivity contribution < 1.29 is 4.74 Å². The highest BCUT2D eigenvalue weighted by Crippen LogP contribution is 2.16. The summed E-state index contributed by atoms with van der Waals surface area (Å²) in [6.45, 7) is 7.85.